The molecule has 0 saturated carbocycles. The highest BCUT2D eigenvalue weighted by Crippen LogP contribution is 2.40. The van der Waals surface area contributed by atoms with Crippen LogP contribution in [0.2, 0.25) is 0 Å². The molecule has 1 aliphatic heterocycles. The zero-order valence-electron chi connectivity index (χ0n) is 14.8. The van der Waals surface area contributed by atoms with Gasteiger partial charge < -0.3 is 5.11 Å². The highest BCUT2D eigenvalue weighted by molar-refractivity contribution is 6.24. The number of imide groups is 1. The first-order chi connectivity index (χ1) is 13.2. The molecule has 1 fully saturated rings. The minimum absolute atomic E-state index is 0.316. The van der Waals surface area contributed by atoms with Crippen LogP contribution in [0, 0.1) is 11.3 Å². The van der Waals surface area contributed by atoms with E-state index in [1.807, 2.05) is 6.08 Å². The molecule has 146 valence electrons. The number of nitriles is 1. The predicted octanol–water partition coefficient (Wildman–Crippen LogP) is 3.33. The second-order valence-electron chi connectivity index (χ2n) is 6.54. The summed E-state index contributed by atoms with van der Waals surface area (Å²) in [7, 11) is 0. The van der Waals surface area contributed by atoms with Gasteiger partial charge in [0.2, 0.25) is 0 Å². The molecule has 0 aromatic heterocycles. The van der Waals surface area contributed by atoms with Gasteiger partial charge >= 0.3 is 12.2 Å². The van der Waals surface area contributed by atoms with Gasteiger partial charge in [-0.25, -0.2) is 9.69 Å². The number of aliphatic hydroxyl groups is 1. The first-order valence-electron chi connectivity index (χ1n) is 8.41. The van der Waals surface area contributed by atoms with Crippen molar-refractivity contribution < 1.29 is 27.9 Å². The second kappa shape index (κ2) is 6.80. The summed E-state index contributed by atoms with van der Waals surface area (Å²) in [5.41, 5.74) is -3.24. The molecule has 1 atom stereocenters. The van der Waals surface area contributed by atoms with Crippen LogP contribution >= 0.6 is 0 Å². The number of amides is 3. The Morgan fingerprint density at radius 1 is 1.29 bits per heavy atom. The number of carbonyl (C=O) groups is 2. The van der Waals surface area contributed by atoms with E-state index in [9.17, 15) is 27.9 Å². The van der Waals surface area contributed by atoms with Gasteiger partial charge in [0.15, 0.2) is 0 Å². The average Bonchev–Trinajstić information content (AvgIpc) is 2.87. The van der Waals surface area contributed by atoms with Gasteiger partial charge in [-0.3, -0.25) is 9.69 Å². The third-order valence-electron chi connectivity index (χ3n) is 4.97. The number of carbonyl (C=O) groups excluding carboxylic acids is 2. The summed E-state index contributed by atoms with van der Waals surface area (Å²) in [6.07, 6.45) is 1.81. The summed E-state index contributed by atoms with van der Waals surface area (Å²) in [5.74, 6) is -0.776. The number of urea groups is 1. The lowest BCUT2D eigenvalue weighted by molar-refractivity contribution is -0.137. The first kappa shape index (κ1) is 19.6. The number of rotatable bonds is 3. The van der Waals surface area contributed by atoms with Crippen molar-refractivity contribution in [2.75, 3.05) is 11.6 Å². The number of hydrogen-bond donors (Lipinski definition) is 1. The molecule has 0 spiro atoms. The van der Waals surface area contributed by atoms with Crippen LogP contribution in [0.4, 0.5) is 23.7 Å². The van der Waals surface area contributed by atoms with E-state index in [1.165, 1.54) is 13.0 Å². The molecule has 1 heterocycles. The first-order valence-corrected chi connectivity index (χ1v) is 8.41. The molecule has 1 aromatic rings. The number of anilines is 1. The van der Waals surface area contributed by atoms with Crippen molar-refractivity contribution in [2.45, 2.75) is 31.5 Å². The summed E-state index contributed by atoms with van der Waals surface area (Å²) in [5, 5.41) is 18.6. The van der Waals surface area contributed by atoms with Crippen molar-refractivity contribution in [3.63, 3.8) is 0 Å². The van der Waals surface area contributed by atoms with Crippen LogP contribution in [-0.2, 0) is 11.0 Å². The van der Waals surface area contributed by atoms with Crippen LogP contribution in [0.3, 0.4) is 0 Å². The molecule has 3 amide bonds. The fourth-order valence-corrected chi connectivity index (χ4v) is 3.42. The van der Waals surface area contributed by atoms with Crippen molar-refractivity contribution in [3.8, 4) is 6.07 Å². The van der Waals surface area contributed by atoms with Crippen LogP contribution in [-0.4, -0.2) is 34.2 Å². The molecule has 6 nitrogen and oxygen atoms in total. The molecule has 3 rings (SSSR count). The van der Waals surface area contributed by atoms with Crippen molar-refractivity contribution >= 4 is 17.6 Å². The average molecular weight is 391 g/mol. The normalized spacial score (nSPS) is 22.5. The second-order valence-corrected chi connectivity index (χ2v) is 6.54. The van der Waals surface area contributed by atoms with E-state index < -0.39 is 41.5 Å². The number of hydrogen-bond acceptors (Lipinski definition) is 4. The summed E-state index contributed by atoms with van der Waals surface area (Å²) in [6.45, 7) is 0.657. The van der Waals surface area contributed by atoms with Crippen molar-refractivity contribution in [2.24, 2.45) is 0 Å². The van der Waals surface area contributed by atoms with Crippen LogP contribution < -0.4 is 4.90 Å². The Morgan fingerprint density at radius 2 is 2.00 bits per heavy atom. The lowest BCUT2D eigenvalue weighted by Crippen LogP contribution is -2.49. The summed E-state index contributed by atoms with van der Waals surface area (Å²) in [6, 6.07) is 3.14. The van der Waals surface area contributed by atoms with Crippen molar-refractivity contribution in [1.82, 2.24) is 4.90 Å². The van der Waals surface area contributed by atoms with Gasteiger partial charge in [0, 0.05) is 0 Å². The molecule has 1 N–H and O–H groups in total. The van der Waals surface area contributed by atoms with Gasteiger partial charge in [-0.05, 0) is 43.5 Å². The molecule has 9 heteroatoms. The maximum Gasteiger partial charge on any atom is 0.417 e. The standard InChI is InChI=1S/C19H16F3N3O3/c1-18(13-5-3-2-4-6-13)16(27)25(17(28)24(18)11-26)14-8-7-12(10-23)15(9-14)19(20,21)22/h3,5-9,26H,2,4,11H2,1H3. The highest BCUT2D eigenvalue weighted by atomic mass is 19.4. The lowest BCUT2D eigenvalue weighted by atomic mass is 9.86. The van der Waals surface area contributed by atoms with E-state index in [-0.39, 0.29) is 5.69 Å². The summed E-state index contributed by atoms with van der Waals surface area (Å²) < 4.78 is 39.8. The largest absolute Gasteiger partial charge is 0.417 e. The van der Waals surface area contributed by atoms with Gasteiger partial charge in [0.1, 0.15) is 12.3 Å². The Labute approximate surface area is 158 Å². The molecule has 1 unspecified atom stereocenters. The van der Waals surface area contributed by atoms with Crippen LogP contribution in [0.25, 0.3) is 0 Å². The van der Waals surface area contributed by atoms with Crippen LogP contribution in [0.5, 0.6) is 0 Å². The van der Waals surface area contributed by atoms with E-state index >= 15 is 0 Å². The number of aliphatic hydroxyl groups excluding tert-OH is 1. The smallest absolute Gasteiger partial charge is 0.376 e. The molecule has 1 saturated heterocycles. The molecule has 1 aromatic carbocycles. The third-order valence-corrected chi connectivity index (χ3v) is 4.97. The van der Waals surface area contributed by atoms with E-state index in [1.54, 1.807) is 12.2 Å². The van der Waals surface area contributed by atoms with E-state index in [4.69, 9.17) is 5.26 Å². The molecular weight excluding hydrogens is 375 g/mol. The Morgan fingerprint density at radius 3 is 2.54 bits per heavy atom. The number of alkyl halides is 3. The minimum Gasteiger partial charge on any atom is -0.376 e. The number of nitrogens with zero attached hydrogens (tertiary/aromatic N) is 3. The molecule has 28 heavy (non-hydrogen) atoms. The predicted molar refractivity (Wildman–Crippen MR) is 92.8 cm³/mol. The third kappa shape index (κ3) is 2.86. The SMILES string of the molecule is CC1(C2=CCCC=C2)C(=O)N(c2ccc(C#N)c(C(F)(F)F)c2)C(=O)N1CO. The Kier molecular flexibility index (Phi) is 4.77. The minimum atomic E-state index is -4.83. The Balaban J connectivity index is 2.12. The number of benzene rings is 1. The maximum atomic E-state index is 13.3. The fourth-order valence-electron chi connectivity index (χ4n) is 3.42. The highest BCUT2D eigenvalue weighted by Gasteiger charge is 2.56. The van der Waals surface area contributed by atoms with Gasteiger partial charge in [-0.15, -0.1) is 0 Å². The zero-order valence-corrected chi connectivity index (χ0v) is 14.8. The van der Waals surface area contributed by atoms with Gasteiger partial charge in [0.25, 0.3) is 5.91 Å². The number of allylic oxidation sites excluding steroid dienone is 2. The van der Waals surface area contributed by atoms with Gasteiger partial charge in [-0.1, -0.05) is 18.2 Å². The summed E-state index contributed by atoms with van der Waals surface area (Å²) >= 11 is 0. The van der Waals surface area contributed by atoms with E-state index in [0.29, 0.717) is 23.0 Å². The van der Waals surface area contributed by atoms with Crippen LogP contribution in [0.15, 0.2) is 42.0 Å². The zero-order chi connectivity index (χ0) is 20.7. The molecular formula is C19H16F3N3O3. The Hall–Kier alpha value is -3.12. The quantitative estimate of drug-likeness (QED) is 0.801. The van der Waals surface area contributed by atoms with E-state index in [0.717, 1.165) is 23.5 Å². The van der Waals surface area contributed by atoms with Crippen molar-refractivity contribution in [3.05, 3.63) is 53.1 Å². The van der Waals surface area contributed by atoms with Crippen molar-refractivity contribution in [1.29, 1.82) is 5.26 Å². The van der Waals surface area contributed by atoms with Gasteiger partial charge in [-0.2, -0.15) is 18.4 Å². The van der Waals surface area contributed by atoms with Crippen LogP contribution in [0.1, 0.15) is 30.9 Å². The molecule has 1 aliphatic carbocycles. The monoisotopic (exact) mass is 391 g/mol. The topological polar surface area (TPSA) is 84.6 Å². The lowest BCUT2D eigenvalue weighted by Gasteiger charge is -2.32. The van der Waals surface area contributed by atoms with E-state index in [2.05, 4.69) is 0 Å². The molecule has 2 aliphatic rings. The fraction of sp³-hybridized carbons (Fsp3) is 0.316. The number of halogens is 3. The molecule has 0 bridgehead atoms. The molecule has 0 radical (unpaired) electrons. The maximum absolute atomic E-state index is 13.3. The Bertz CT molecular complexity index is 946. The van der Waals surface area contributed by atoms with Gasteiger partial charge in [0.05, 0.1) is 22.9 Å². The summed E-state index contributed by atoms with van der Waals surface area (Å²) in [4.78, 5) is 27.5.